The lowest BCUT2D eigenvalue weighted by atomic mass is 10.1. The number of amides is 2. The Kier molecular flexibility index (Phi) is 3.96. The highest BCUT2D eigenvalue weighted by Gasteiger charge is 2.35. The van der Waals surface area contributed by atoms with Crippen LogP contribution in [0.3, 0.4) is 0 Å². The first-order chi connectivity index (χ1) is 12.6. The van der Waals surface area contributed by atoms with Crippen LogP contribution in [0.5, 0.6) is 0 Å². The topological polar surface area (TPSA) is 76.0 Å². The van der Waals surface area contributed by atoms with E-state index in [2.05, 4.69) is 15.7 Å². The molecule has 3 aromatic rings. The normalized spacial score (nSPS) is 15.4. The van der Waals surface area contributed by atoms with E-state index in [1.165, 1.54) is 28.9 Å². The van der Waals surface area contributed by atoms with E-state index in [0.717, 1.165) is 11.1 Å². The molecule has 2 heterocycles. The summed E-state index contributed by atoms with van der Waals surface area (Å²) in [6, 6.07) is 14.3. The summed E-state index contributed by atoms with van der Waals surface area (Å²) in [6.07, 6.45) is 1.61. The first-order valence-electron chi connectivity index (χ1n) is 8.11. The Balaban J connectivity index is 1.52. The number of hydrogen-bond donors (Lipinski definition) is 2. The Morgan fingerprint density at radius 2 is 1.88 bits per heavy atom. The van der Waals surface area contributed by atoms with E-state index in [4.69, 9.17) is 0 Å². The summed E-state index contributed by atoms with van der Waals surface area (Å²) < 4.78 is 14.5. The van der Waals surface area contributed by atoms with E-state index in [9.17, 15) is 14.0 Å². The average Bonchev–Trinajstić information content (AvgIpc) is 3.18. The van der Waals surface area contributed by atoms with Crippen LogP contribution in [0.1, 0.15) is 12.5 Å². The predicted octanol–water partition coefficient (Wildman–Crippen LogP) is 3.21. The highest BCUT2D eigenvalue weighted by atomic mass is 19.1. The molecule has 26 heavy (non-hydrogen) atoms. The first kappa shape index (κ1) is 16.0. The van der Waals surface area contributed by atoms with Crippen molar-refractivity contribution in [3.05, 3.63) is 66.6 Å². The largest absolute Gasteiger partial charge is 0.326 e. The number of rotatable bonds is 4. The molecule has 0 radical (unpaired) electrons. The fourth-order valence-corrected chi connectivity index (χ4v) is 2.96. The zero-order valence-electron chi connectivity index (χ0n) is 13.6. The van der Waals surface area contributed by atoms with Gasteiger partial charge in [-0.15, -0.1) is 0 Å². The minimum Gasteiger partial charge on any atom is -0.326 e. The van der Waals surface area contributed by atoms with Gasteiger partial charge in [-0.2, -0.15) is 5.10 Å². The van der Waals surface area contributed by atoms with E-state index in [1.807, 2.05) is 30.3 Å². The second-order valence-corrected chi connectivity index (χ2v) is 5.98. The lowest BCUT2D eigenvalue weighted by Crippen LogP contribution is -2.23. The molecule has 0 aliphatic carbocycles. The summed E-state index contributed by atoms with van der Waals surface area (Å²) in [5.74, 6) is -0.422. The minimum absolute atomic E-state index is 0.0634. The Labute approximate surface area is 148 Å². The van der Waals surface area contributed by atoms with Gasteiger partial charge in [-0.1, -0.05) is 30.3 Å². The maximum absolute atomic E-state index is 12.9. The fraction of sp³-hybridized carbons (Fsp3) is 0.105. The van der Waals surface area contributed by atoms with Gasteiger partial charge in [0.1, 0.15) is 17.7 Å². The van der Waals surface area contributed by atoms with Crippen LogP contribution in [0.4, 0.5) is 15.9 Å². The van der Waals surface area contributed by atoms with Gasteiger partial charge in [0.05, 0.1) is 12.6 Å². The van der Waals surface area contributed by atoms with E-state index >= 15 is 0 Å². The Morgan fingerprint density at radius 3 is 2.62 bits per heavy atom. The zero-order chi connectivity index (χ0) is 18.1. The highest BCUT2D eigenvalue weighted by molar-refractivity contribution is 6.04. The van der Waals surface area contributed by atoms with Crippen LogP contribution in [-0.4, -0.2) is 21.6 Å². The van der Waals surface area contributed by atoms with Crippen molar-refractivity contribution in [2.24, 2.45) is 0 Å². The summed E-state index contributed by atoms with van der Waals surface area (Å²) in [5.41, 5.74) is 2.21. The van der Waals surface area contributed by atoms with E-state index < -0.39 is 6.04 Å². The monoisotopic (exact) mass is 350 g/mol. The molecule has 2 amide bonds. The Hall–Kier alpha value is -3.48. The van der Waals surface area contributed by atoms with Crippen molar-refractivity contribution in [2.45, 2.75) is 12.5 Å². The molecule has 0 unspecified atom stereocenters. The van der Waals surface area contributed by atoms with Crippen LogP contribution < -0.4 is 10.6 Å². The molecule has 0 spiro atoms. The van der Waals surface area contributed by atoms with E-state index in [0.29, 0.717) is 11.5 Å². The van der Waals surface area contributed by atoms with Gasteiger partial charge in [-0.05, 0) is 29.8 Å². The number of benzene rings is 2. The second-order valence-electron chi connectivity index (χ2n) is 5.98. The van der Waals surface area contributed by atoms with Crippen molar-refractivity contribution in [1.82, 2.24) is 9.78 Å². The van der Waals surface area contributed by atoms with Gasteiger partial charge in [0.25, 0.3) is 5.91 Å². The molecule has 4 rings (SSSR count). The summed E-state index contributed by atoms with van der Waals surface area (Å²) in [7, 11) is 0. The Bertz CT molecular complexity index is 967. The van der Waals surface area contributed by atoms with Crippen LogP contribution >= 0.6 is 0 Å². The summed E-state index contributed by atoms with van der Waals surface area (Å²) >= 11 is 0. The zero-order valence-corrected chi connectivity index (χ0v) is 13.6. The van der Waals surface area contributed by atoms with Crippen LogP contribution in [0.25, 0.3) is 11.1 Å². The van der Waals surface area contributed by atoms with Crippen molar-refractivity contribution >= 4 is 23.3 Å². The van der Waals surface area contributed by atoms with Crippen molar-refractivity contribution in [2.75, 3.05) is 10.6 Å². The van der Waals surface area contributed by atoms with Gasteiger partial charge in [-0.3, -0.25) is 9.59 Å². The number of hydrogen-bond acceptors (Lipinski definition) is 3. The van der Waals surface area contributed by atoms with Crippen LogP contribution in [0.15, 0.2) is 60.8 Å². The number of carbonyl (C=O) groups is 2. The van der Waals surface area contributed by atoms with E-state index in [1.54, 1.807) is 6.20 Å². The molecule has 2 aromatic carbocycles. The Morgan fingerprint density at radius 1 is 1.15 bits per heavy atom. The molecule has 1 atom stereocenters. The van der Waals surface area contributed by atoms with Gasteiger partial charge >= 0.3 is 0 Å². The molecule has 7 heteroatoms. The number of carbonyl (C=O) groups excluding carboxylic acids is 2. The molecule has 1 aromatic heterocycles. The summed E-state index contributed by atoms with van der Waals surface area (Å²) in [4.78, 5) is 24.6. The molecule has 2 N–H and O–H groups in total. The van der Waals surface area contributed by atoms with Crippen LogP contribution in [-0.2, 0) is 9.59 Å². The van der Waals surface area contributed by atoms with Gasteiger partial charge < -0.3 is 10.6 Å². The number of fused-ring (bicyclic) bond motifs is 1. The SMILES string of the molecule is O=C(C[C@@H]1C(=O)Nc2c(-c3ccccc3)cnn21)Nc1ccc(F)cc1. The summed E-state index contributed by atoms with van der Waals surface area (Å²) in [5, 5.41) is 9.74. The van der Waals surface area contributed by atoms with Crippen LogP contribution in [0, 0.1) is 5.82 Å². The molecule has 6 nitrogen and oxygen atoms in total. The lowest BCUT2D eigenvalue weighted by Gasteiger charge is -2.09. The minimum atomic E-state index is -0.720. The molecule has 1 aliphatic rings. The van der Waals surface area contributed by atoms with Gasteiger partial charge in [0.15, 0.2) is 0 Å². The highest BCUT2D eigenvalue weighted by Crippen LogP contribution is 2.35. The smallest absolute Gasteiger partial charge is 0.251 e. The number of aromatic nitrogens is 2. The average molecular weight is 350 g/mol. The predicted molar refractivity (Wildman–Crippen MR) is 95.0 cm³/mol. The standard InChI is InChI=1S/C19H15FN4O2/c20-13-6-8-14(9-7-13)22-17(25)10-16-19(26)23-18-15(11-21-24(16)18)12-4-2-1-3-5-12/h1-9,11,16H,10H2,(H,22,25)(H,23,26)/t16-/m1/s1. The molecule has 130 valence electrons. The number of anilines is 2. The van der Waals surface area contributed by atoms with Crippen molar-refractivity contribution in [3.63, 3.8) is 0 Å². The van der Waals surface area contributed by atoms with Gasteiger partial charge in [0.2, 0.25) is 5.91 Å². The van der Waals surface area contributed by atoms with Gasteiger partial charge in [-0.25, -0.2) is 9.07 Å². The molecule has 0 fully saturated rings. The quantitative estimate of drug-likeness (QED) is 0.759. The second kappa shape index (κ2) is 6.44. The van der Waals surface area contributed by atoms with E-state index in [-0.39, 0.29) is 24.1 Å². The molecule has 0 saturated heterocycles. The molecule has 0 saturated carbocycles. The fourth-order valence-electron chi connectivity index (χ4n) is 2.96. The van der Waals surface area contributed by atoms with Crippen molar-refractivity contribution < 1.29 is 14.0 Å². The summed E-state index contributed by atoms with van der Waals surface area (Å²) in [6.45, 7) is 0. The maximum atomic E-state index is 12.9. The number of nitrogens with zero attached hydrogens (tertiary/aromatic N) is 2. The number of halogens is 1. The molecular formula is C19H15FN4O2. The van der Waals surface area contributed by atoms with Crippen LogP contribution in [0.2, 0.25) is 0 Å². The van der Waals surface area contributed by atoms with Crippen molar-refractivity contribution in [3.8, 4) is 11.1 Å². The molecular weight excluding hydrogens is 335 g/mol. The third-order valence-electron chi connectivity index (χ3n) is 4.23. The maximum Gasteiger partial charge on any atom is 0.251 e. The number of nitrogens with one attached hydrogen (secondary N) is 2. The third kappa shape index (κ3) is 2.95. The first-order valence-corrected chi connectivity index (χ1v) is 8.11. The van der Waals surface area contributed by atoms with Gasteiger partial charge in [0, 0.05) is 11.3 Å². The molecule has 0 bridgehead atoms. The lowest BCUT2D eigenvalue weighted by molar-refractivity contribution is -0.123. The van der Waals surface area contributed by atoms with Crippen molar-refractivity contribution in [1.29, 1.82) is 0 Å². The third-order valence-corrected chi connectivity index (χ3v) is 4.23. The molecule has 1 aliphatic heterocycles.